The summed E-state index contributed by atoms with van der Waals surface area (Å²) < 4.78 is 10.5. The van der Waals surface area contributed by atoms with Gasteiger partial charge in [-0.2, -0.15) is 0 Å². The molecule has 0 spiro atoms. The van der Waals surface area contributed by atoms with Gasteiger partial charge in [-0.1, -0.05) is 0 Å². The van der Waals surface area contributed by atoms with E-state index >= 15 is 0 Å². The normalized spacial score (nSPS) is 11.9. The molecule has 0 aliphatic carbocycles. The van der Waals surface area contributed by atoms with Gasteiger partial charge in [0.15, 0.2) is 11.5 Å². The molecule has 3 N–H and O–H groups in total. The van der Waals surface area contributed by atoms with E-state index in [1.807, 2.05) is 13.8 Å². The standard InChI is InChI=1S/C20H31NO6/c1-13-10-15(22)16(23)11-14(13)17(24)26-9-7-8-21-20(5,6)12-27-18(25)19(2,3)4/h10-11,21-23H,7-9,12H2,1-6H3. The third-order valence-electron chi connectivity index (χ3n) is 3.88. The van der Waals surface area contributed by atoms with Gasteiger partial charge in [0.1, 0.15) is 6.61 Å². The highest BCUT2D eigenvalue weighted by molar-refractivity contribution is 5.91. The maximum absolute atomic E-state index is 12.1. The molecule has 0 aliphatic rings. The van der Waals surface area contributed by atoms with Crippen molar-refractivity contribution in [1.29, 1.82) is 0 Å². The lowest BCUT2D eigenvalue weighted by atomic mass is 9.97. The fraction of sp³-hybridized carbons (Fsp3) is 0.600. The van der Waals surface area contributed by atoms with Gasteiger partial charge in [0.2, 0.25) is 0 Å². The topological polar surface area (TPSA) is 105 Å². The van der Waals surface area contributed by atoms with Crippen molar-refractivity contribution in [3.63, 3.8) is 0 Å². The molecule has 1 aromatic rings. The van der Waals surface area contributed by atoms with Gasteiger partial charge in [0, 0.05) is 5.54 Å². The van der Waals surface area contributed by atoms with Gasteiger partial charge in [-0.25, -0.2) is 4.79 Å². The van der Waals surface area contributed by atoms with Gasteiger partial charge in [-0.3, -0.25) is 4.79 Å². The number of nitrogens with one attached hydrogen (secondary N) is 1. The number of esters is 2. The Morgan fingerprint density at radius 3 is 2.22 bits per heavy atom. The summed E-state index contributed by atoms with van der Waals surface area (Å²) >= 11 is 0. The van der Waals surface area contributed by atoms with Gasteiger partial charge in [0.05, 0.1) is 17.6 Å². The lowest BCUT2D eigenvalue weighted by Gasteiger charge is -2.27. The summed E-state index contributed by atoms with van der Waals surface area (Å²) in [6.07, 6.45) is 0.575. The minimum Gasteiger partial charge on any atom is -0.504 e. The highest BCUT2D eigenvalue weighted by Crippen LogP contribution is 2.28. The monoisotopic (exact) mass is 381 g/mol. The predicted molar refractivity (Wildman–Crippen MR) is 102 cm³/mol. The first-order chi connectivity index (χ1) is 12.3. The molecule has 1 aromatic carbocycles. The largest absolute Gasteiger partial charge is 0.504 e. The number of hydrogen-bond acceptors (Lipinski definition) is 7. The van der Waals surface area contributed by atoms with Crippen LogP contribution in [0, 0.1) is 12.3 Å². The van der Waals surface area contributed by atoms with Gasteiger partial charge >= 0.3 is 11.9 Å². The average molecular weight is 381 g/mol. The van der Waals surface area contributed by atoms with E-state index in [2.05, 4.69) is 5.32 Å². The number of rotatable bonds is 8. The van der Waals surface area contributed by atoms with Crippen molar-refractivity contribution in [3.8, 4) is 11.5 Å². The number of ether oxygens (including phenoxy) is 2. The first-order valence-electron chi connectivity index (χ1n) is 8.95. The van der Waals surface area contributed by atoms with Crippen LogP contribution in [0.3, 0.4) is 0 Å². The Morgan fingerprint density at radius 1 is 1.04 bits per heavy atom. The Hall–Kier alpha value is -2.28. The zero-order valence-corrected chi connectivity index (χ0v) is 17.0. The van der Waals surface area contributed by atoms with Crippen LogP contribution in [0.25, 0.3) is 0 Å². The van der Waals surface area contributed by atoms with Crippen molar-refractivity contribution >= 4 is 11.9 Å². The second-order valence-corrected chi connectivity index (χ2v) is 8.28. The molecule has 1 rings (SSSR count). The second kappa shape index (κ2) is 9.08. The lowest BCUT2D eigenvalue weighted by molar-refractivity contribution is -0.154. The third-order valence-corrected chi connectivity index (χ3v) is 3.88. The van der Waals surface area contributed by atoms with Crippen molar-refractivity contribution in [2.45, 2.75) is 53.5 Å². The smallest absolute Gasteiger partial charge is 0.338 e. The highest BCUT2D eigenvalue weighted by atomic mass is 16.5. The molecule has 0 saturated carbocycles. The minimum atomic E-state index is -0.554. The molecule has 0 unspecified atom stereocenters. The van der Waals surface area contributed by atoms with E-state index in [-0.39, 0.29) is 36.2 Å². The van der Waals surface area contributed by atoms with Crippen LogP contribution in [0.2, 0.25) is 0 Å². The Labute approximate surface area is 160 Å². The fourth-order valence-electron chi connectivity index (χ4n) is 2.16. The van der Waals surface area contributed by atoms with E-state index in [0.717, 1.165) is 0 Å². The predicted octanol–water partition coefficient (Wildman–Crippen LogP) is 2.91. The number of benzene rings is 1. The number of carbonyl (C=O) groups excluding carboxylic acids is 2. The Morgan fingerprint density at radius 2 is 1.63 bits per heavy atom. The fourth-order valence-corrected chi connectivity index (χ4v) is 2.16. The van der Waals surface area contributed by atoms with E-state index in [1.165, 1.54) is 12.1 Å². The van der Waals surface area contributed by atoms with E-state index in [9.17, 15) is 19.8 Å². The van der Waals surface area contributed by atoms with Crippen LogP contribution in [0.4, 0.5) is 0 Å². The number of aryl methyl sites for hydroxylation is 1. The first-order valence-corrected chi connectivity index (χ1v) is 8.95. The summed E-state index contributed by atoms with van der Waals surface area (Å²) in [7, 11) is 0. The van der Waals surface area contributed by atoms with Gasteiger partial charge in [-0.05, 0) is 72.2 Å². The SMILES string of the molecule is Cc1cc(O)c(O)cc1C(=O)OCCCNC(C)(C)COC(=O)C(C)(C)C. The first kappa shape index (κ1) is 22.8. The summed E-state index contributed by atoms with van der Waals surface area (Å²) in [6.45, 7) is 11.9. The van der Waals surface area contributed by atoms with Crippen molar-refractivity contribution in [2.24, 2.45) is 5.41 Å². The van der Waals surface area contributed by atoms with E-state index in [0.29, 0.717) is 18.5 Å². The Kier molecular flexibility index (Phi) is 7.65. The van der Waals surface area contributed by atoms with Crippen molar-refractivity contribution in [3.05, 3.63) is 23.3 Å². The molecule has 0 radical (unpaired) electrons. The van der Waals surface area contributed by atoms with E-state index < -0.39 is 16.9 Å². The van der Waals surface area contributed by atoms with E-state index in [1.54, 1.807) is 27.7 Å². The van der Waals surface area contributed by atoms with Crippen LogP contribution in [0.15, 0.2) is 12.1 Å². The lowest BCUT2D eigenvalue weighted by Crippen LogP contribution is -2.45. The Bertz CT molecular complexity index is 676. The quantitative estimate of drug-likeness (QED) is 0.361. The highest BCUT2D eigenvalue weighted by Gasteiger charge is 2.26. The molecule has 27 heavy (non-hydrogen) atoms. The maximum Gasteiger partial charge on any atom is 0.338 e. The van der Waals surface area contributed by atoms with Crippen molar-refractivity contribution in [2.75, 3.05) is 19.8 Å². The van der Waals surface area contributed by atoms with Crippen molar-refractivity contribution < 1.29 is 29.3 Å². The average Bonchev–Trinajstić information content (AvgIpc) is 2.54. The maximum atomic E-state index is 12.1. The third kappa shape index (κ3) is 7.46. The van der Waals surface area contributed by atoms with Crippen LogP contribution < -0.4 is 5.32 Å². The molecule has 0 saturated heterocycles. The molecule has 0 heterocycles. The second-order valence-electron chi connectivity index (χ2n) is 8.28. The summed E-state index contributed by atoms with van der Waals surface area (Å²) in [5.74, 6) is -1.44. The summed E-state index contributed by atoms with van der Waals surface area (Å²) in [5, 5.41) is 22.2. The summed E-state index contributed by atoms with van der Waals surface area (Å²) in [4.78, 5) is 23.9. The van der Waals surface area contributed by atoms with Gasteiger partial charge < -0.3 is 25.0 Å². The molecule has 0 fully saturated rings. The number of aromatic hydroxyl groups is 2. The molecular formula is C20H31NO6. The summed E-state index contributed by atoms with van der Waals surface area (Å²) in [6, 6.07) is 2.51. The van der Waals surface area contributed by atoms with Crippen LogP contribution in [-0.2, 0) is 14.3 Å². The summed E-state index contributed by atoms with van der Waals surface area (Å²) in [5.41, 5.74) is -0.196. The van der Waals surface area contributed by atoms with E-state index in [4.69, 9.17) is 9.47 Å². The van der Waals surface area contributed by atoms with Crippen LogP contribution >= 0.6 is 0 Å². The molecule has 0 aromatic heterocycles. The van der Waals surface area contributed by atoms with Gasteiger partial charge in [-0.15, -0.1) is 0 Å². The molecule has 0 aliphatic heterocycles. The molecule has 7 heteroatoms. The Balaban J connectivity index is 2.36. The minimum absolute atomic E-state index is 0.199. The van der Waals surface area contributed by atoms with Crippen molar-refractivity contribution in [1.82, 2.24) is 5.32 Å². The van der Waals surface area contributed by atoms with Crippen LogP contribution in [-0.4, -0.2) is 47.4 Å². The van der Waals surface area contributed by atoms with Gasteiger partial charge in [0.25, 0.3) is 0 Å². The number of carbonyl (C=O) groups is 2. The molecular weight excluding hydrogens is 350 g/mol. The number of phenolic OH excluding ortho intramolecular Hbond substituents is 2. The van der Waals surface area contributed by atoms with Crippen LogP contribution in [0.1, 0.15) is 57.0 Å². The molecule has 7 nitrogen and oxygen atoms in total. The number of hydrogen-bond donors (Lipinski definition) is 3. The molecule has 0 amide bonds. The molecule has 152 valence electrons. The zero-order valence-electron chi connectivity index (χ0n) is 17.0. The zero-order chi connectivity index (χ0) is 20.8. The number of phenols is 2. The molecule has 0 bridgehead atoms. The van der Waals surface area contributed by atoms with Crippen LogP contribution in [0.5, 0.6) is 11.5 Å². The molecule has 0 atom stereocenters.